The Balaban J connectivity index is 2.02. The Morgan fingerprint density at radius 1 is 1.29 bits per heavy atom. The summed E-state index contributed by atoms with van der Waals surface area (Å²) in [5.41, 5.74) is 1.70. The number of halogens is 1. The van der Waals surface area contributed by atoms with Crippen LogP contribution in [0.4, 0.5) is 0 Å². The van der Waals surface area contributed by atoms with Gasteiger partial charge in [-0.15, -0.1) is 11.8 Å². The van der Waals surface area contributed by atoms with Gasteiger partial charge in [-0.2, -0.15) is 0 Å². The molecule has 1 aromatic carbocycles. The molecule has 5 nitrogen and oxygen atoms in total. The molecular formula is C17H19BrN2O3S. The van der Waals surface area contributed by atoms with Crippen LogP contribution in [0.2, 0.25) is 0 Å². The van der Waals surface area contributed by atoms with E-state index in [1.165, 1.54) is 26.0 Å². The molecule has 0 bridgehead atoms. The third-order valence-electron chi connectivity index (χ3n) is 3.24. The van der Waals surface area contributed by atoms with E-state index in [9.17, 15) is 4.79 Å². The molecule has 1 aromatic heterocycles. The zero-order chi connectivity index (χ0) is 17.4. The maximum absolute atomic E-state index is 12.4. The topological polar surface area (TPSA) is 60.5 Å². The number of ether oxygens (including phenoxy) is 2. The van der Waals surface area contributed by atoms with Gasteiger partial charge in [-0.3, -0.25) is 4.79 Å². The number of hydrogen-bond acceptors (Lipinski definition) is 5. The van der Waals surface area contributed by atoms with E-state index in [1.807, 2.05) is 18.2 Å². The Labute approximate surface area is 154 Å². The molecule has 0 spiro atoms. The van der Waals surface area contributed by atoms with Crippen molar-refractivity contribution in [3.8, 4) is 0 Å². The molecular weight excluding hydrogens is 392 g/mol. The molecule has 24 heavy (non-hydrogen) atoms. The highest BCUT2D eigenvalue weighted by Gasteiger charge is 2.14. The Morgan fingerprint density at radius 2 is 2.08 bits per heavy atom. The first-order chi connectivity index (χ1) is 11.6. The van der Waals surface area contributed by atoms with E-state index < -0.39 is 6.29 Å². The molecule has 1 amide bonds. The first kappa shape index (κ1) is 18.9. The Morgan fingerprint density at radius 3 is 2.79 bits per heavy atom. The van der Waals surface area contributed by atoms with Crippen LogP contribution in [0.3, 0.4) is 0 Å². The predicted molar refractivity (Wildman–Crippen MR) is 98.1 cm³/mol. The first-order valence-electron chi connectivity index (χ1n) is 7.30. The molecule has 2 aromatic rings. The van der Waals surface area contributed by atoms with E-state index in [-0.39, 0.29) is 12.5 Å². The van der Waals surface area contributed by atoms with Crippen LogP contribution < -0.4 is 5.32 Å². The summed E-state index contributed by atoms with van der Waals surface area (Å²) in [6.45, 7) is 0.274. The number of carbonyl (C=O) groups excluding carboxylic acids is 1. The van der Waals surface area contributed by atoms with Crippen molar-refractivity contribution in [1.29, 1.82) is 0 Å². The van der Waals surface area contributed by atoms with E-state index >= 15 is 0 Å². The summed E-state index contributed by atoms with van der Waals surface area (Å²) < 4.78 is 11.2. The van der Waals surface area contributed by atoms with Crippen LogP contribution in [0, 0.1) is 0 Å². The van der Waals surface area contributed by atoms with Gasteiger partial charge in [0.25, 0.3) is 5.91 Å². The Bertz CT molecular complexity index is 680. The summed E-state index contributed by atoms with van der Waals surface area (Å²) >= 11 is 4.99. The summed E-state index contributed by atoms with van der Waals surface area (Å²) in [4.78, 5) is 16.7. The minimum absolute atomic E-state index is 0.195. The normalized spacial score (nSPS) is 10.8. The average Bonchev–Trinajstić information content (AvgIpc) is 2.61. The summed E-state index contributed by atoms with van der Waals surface area (Å²) in [5.74, 6) is 0.536. The minimum atomic E-state index is -0.469. The number of nitrogens with zero attached hydrogens (tertiary/aromatic N) is 1. The van der Waals surface area contributed by atoms with Gasteiger partial charge in [-0.1, -0.05) is 28.1 Å². The molecule has 0 atom stereocenters. The monoisotopic (exact) mass is 410 g/mol. The largest absolute Gasteiger partial charge is 0.354 e. The van der Waals surface area contributed by atoms with Crippen LogP contribution in [-0.2, 0) is 15.2 Å². The van der Waals surface area contributed by atoms with Crippen LogP contribution in [0.25, 0.3) is 0 Å². The number of nitrogens with one attached hydrogen (secondary N) is 1. The number of benzene rings is 1. The first-order valence-corrected chi connectivity index (χ1v) is 9.08. The molecule has 0 aliphatic rings. The van der Waals surface area contributed by atoms with Crippen molar-refractivity contribution in [3.05, 3.63) is 58.2 Å². The third-order valence-corrected chi connectivity index (χ3v) is 4.81. The summed E-state index contributed by atoms with van der Waals surface area (Å²) in [6.07, 6.45) is 1.22. The fraction of sp³-hybridized carbons (Fsp3) is 0.294. The molecule has 7 heteroatoms. The molecule has 0 unspecified atom stereocenters. The van der Waals surface area contributed by atoms with E-state index in [0.717, 1.165) is 15.8 Å². The number of carbonyl (C=O) groups is 1. The zero-order valence-corrected chi connectivity index (χ0v) is 15.9. The van der Waals surface area contributed by atoms with Gasteiger partial charge in [-0.25, -0.2) is 4.98 Å². The molecule has 0 saturated carbocycles. The second-order valence-corrected chi connectivity index (χ2v) is 6.77. The van der Waals surface area contributed by atoms with Gasteiger partial charge in [0.1, 0.15) is 5.03 Å². The minimum Gasteiger partial charge on any atom is -0.354 e. The molecule has 0 saturated heterocycles. The van der Waals surface area contributed by atoms with E-state index in [4.69, 9.17) is 9.47 Å². The molecule has 0 aliphatic carbocycles. The number of pyridine rings is 1. The van der Waals surface area contributed by atoms with Gasteiger partial charge in [-0.05, 0) is 29.8 Å². The predicted octanol–water partition coefficient (Wildman–Crippen LogP) is 3.49. The fourth-order valence-electron chi connectivity index (χ4n) is 1.99. The summed E-state index contributed by atoms with van der Waals surface area (Å²) in [6, 6.07) is 11.6. The smallest absolute Gasteiger partial charge is 0.254 e. The second kappa shape index (κ2) is 9.78. The average molecular weight is 411 g/mol. The number of methoxy groups -OCH3 is 2. The number of amides is 1. The van der Waals surface area contributed by atoms with Crippen LogP contribution >= 0.6 is 27.7 Å². The van der Waals surface area contributed by atoms with Crippen LogP contribution in [0.1, 0.15) is 15.9 Å². The molecule has 0 radical (unpaired) electrons. The van der Waals surface area contributed by atoms with Crippen molar-refractivity contribution >= 4 is 33.6 Å². The molecule has 2 rings (SSSR count). The van der Waals surface area contributed by atoms with Crippen LogP contribution in [-0.4, -0.2) is 37.9 Å². The lowest BCUT2D eigenvalue weighted by molar-refractivity contribution is -0.0974. The second-order valence-electron chi connectivity index (χ2n) is 4.89. The van der Waals surface area contributed by atoms with Gasteiger partial charge in [0.2, 0.25) is 0 Å². The highest BCUT2D eigenvalue weighted by Crippen LogP contribution is 2.25. The van der Waals surface area contributed by atoms with Crippen LogP contribution in [0.5, 0.6) is 0 Å². The van der Waals surface area contributed by atoms with E-state index in [2.05, 4.69) is 32.3 Å². The van der Waals surface area contributed by atoms with Crippen molar-refractivity contribution in [1.82, 2.24) is 10.3 Å². The summed E-state index contributed by atoms with van der Waals surface area (Å²) in [7, 11) is 3.06. The van der Waals surface area contributed by atoms with Crippen molar-refractivity contribution in [2.24, 2.45) is 0 Å². The molecule has 128 valence electrons. The zero-order valence-electron chi connectivity index (χ0n) is 13.5. The SMILES string of the molecule is COC(CNC(=O)c1cccnc1SCc1cccc(Br)c1)OC. The lowest BCUT2D eigenvalue weighted by Crippen LogP contribution is -2.34. The molecule has 0 fully saturated rings. The van der Waals surface area contributed by atoms with Gasteiger partial charge < -0.3 is 14.8 Å². The Hall–Kier alpha value is -1.41. The lowest BCUT2D eigenvalue weighted by Gasteiger charge is -2.14. The number of aromatic nitrogens is 1. The highest BCUT2D eigenvalue weighted by molar-refractivity contribution is 9.10. The maximum Gasteiger partial charge on any atom is 0.254 e. The Kier molecular flexibility index (Phi) is 7.71. The quantitative estimate of drug-likeness (QED) is 0.533. The third kappa shape index (κ3) is 5.59. The highest BCUT2D eigenvalue weighted by atomic mass is 79.9. The standard InChI is InChI=1S/C17H19BrN2O3S/c1-22-15(23-2)10-20-16(21)14-7-4-8-19-17(14)24-11-12-5-3-6-13(18)9-12/h3-9,15H,10-11H2,1-2H3,(H,20,21). The van der Waals surface area contributed by atoms with Gasteiger partial charge >= 0.3 is 0 Å². The van der Waals surface area contributed by atoms with E-state index in [1.54, 1.807) is 18.3 Å². The number of thioether (sulfide) groups is 1. The molecule has 1 heterocycles. The van der Waals surface area contributed by atoms with Crippen molar-refractivity contribution in [2.75, 3.05) is 20.8 Å². The fourth-order valence-corrected chi connectivity index (χ4v) is 3.37. The van der Waals surface area contributed by atoms with Gasteiger partial charge in [0.05, 0.1) is 12.1 Å². The van der Waals surface area contributed by atoms with Gasteiger partial charge in [0, 0.05) is 30.6 Å². The molecule has 1 N–H and O–H groups in total. The van der Waals surface area contributed by atoms with Crippen molar-refractivity contribution < 1.29 is 14.3 Å². The van der Waals surface area contributed by atoms with Gasteiger partial charge in [0.15, 0.2) is 6.29 Å². The van der Waals surface area contributed by atoms with E-state index in [0.29, 0.717) is 10.6 Å². The maximum atomic E-state index is 12.4. The van der Waals surface area contributed by atoms with Crippen molar-refractivity contribution in [3.63, 3.8) is 0 Å². The number of hydrogen-bond donors (Lipinski definition) is 1. The van der Waals surface area contributed by atoms with Crippen LogP contribution in [0.15, 0.2) is 52.1 Å². The number of rotatable bonds is 8. The lowest BCUT2D eigenvalue weighted by atomic mass is 10.2. The molecule has 0 aliphatic heterocycles. The summed E-state index contributed by atoms with van der Waals surface area (Å²) in [5, 5.41) is 3.49. The van der Waals surface area contributed by atoms with Crippen molar-refractivity contribution in [2.45, 2.75) is 17.1 Å².